The third kappa shape index (κ3) is 2.40. The van der Waals surface area contributed by atoms with Gasteiger partial charge in [-0.2, -0.15) is 0 Å². The maximum Gasteiger partial charge on any atom is 0.417 e. The normalized spacial score (nSPS) is 28.7. The minimum atomic E-state index is -1.23. The number of hydrogen-bond donors (Lipinski definition) is 0. The number of carbonyl (C=O) groups excluding carboxylic acids is 2. The number of hydrogen-bond acceptors (Lipinski definition) is 4. The molecule has 0 radical (unpaired) electrons. The number of cyclic esters (lactones) is 1. The van der Waals surface area contributed by atoms with Crippen LogP contribution in [0.3, 0.4) is 0 Å². The molecule has 2 aliphatic rings. The van der Waals surface area contributed by atoms with E-state index in [2.05, 4.69) is 0 Å². The summed E-state index contributed by atoms with van der Waals surface area (Å²) in [6.45, 7) is 3.75. The summed E-state index contributed by atoms with van der Waals surface area (Å²) in [5.41, 5.74) is 0.179. The molecule has 0 aromatic heterocycles. The van der Waals surface area contributed by atoms with Crippen molar-refractivity contribution < 1.29 is 19.1 Å². The average Bonchev–Trinajstić information content (AvgIpc) is 2.62. The SMILES string of the molecule is CC(C)O[C@]1(C2CCCCC2)OC(=O)N(C)C1=C=O. The molecule has 0 unspecified atom stereocenters. The van der Waals surface area contributed by atoms with Gasteiger partial charge in [-0.15, -0.1) is 0 Å². The van der Waals surface area contributed by atoms with Crippen LogP contribution in [0.4, 0.5) is 4.79 Å². The van der Waals surface area contributed by atoms with Crippen molar-refractivity contribution in [3.63, 3.8) is 0 Å². The number of ether oxygens (including phenoxy) is 2. The quantitative estimate of drug-likeness (QED) is 0.737. The van der Waals surface area contributed by atoms with Crippen molar-refractivity contribution in [3.05, 3.63) is 5.70 Å². The van der Waals surface area contributed by atoms with Crippen molar-refractivity contribution in [1.82, 2.24) is 4.90 Å². The van der Waals surface area contributed by atoms with Crippen molar-refractivity contribution >= 4 is 12.0 Å². The minimum Gasteiger partial charge on any atom is -0.409 e. The van der Waals surface area contributed by atoms with Gasteiger partial charge in [0.05, 0.1) is 6.10 Å². The van der Waals surface area contributed by atoms with E-state index in [1.54, 1.807) is 0 Å². The summed E-state index contributed by atoms with van der Waals surface area (Å²) in [6, 6.07) is 0. The van der Waals surface area contributed by atoms with E-state index in [0.29, 0.717) is 0 Å². The Morgan fingerprint density at radius 3 is 2.53 bits per heavy atom. The fourth-order valence-electron chi connectivity index (χ4n) is 3.00. The molecule has 1 aliphatic heterocycles. The van der Waals surface area contributed by atoms with E-state index in [9.17, 15) is 9.59 Å². The van der Waals surface area contributed by atoms with Crippen LogP contribution in [0.5, 0.6) is 0 Å². The molecule has 1 saturated heterocycles. The lowest BCUT2D eigenvalue weighted by molar-refractivity contribution is -0.218. The Hall–Kier alpha value is -1.32. The highest BCUT2D eigenvalue weighted by Gasteiger charge is 2.57. The van der Waals surface area contributed by atoms with Gasteiger partial charge in [-0.1, -0.05) is 19.3 Å². The molecule has 2 rings (SSSR count). The van der Waals surface area contributed by atoms with Gasteiger partial charge in [-0.05, 0) is 26.7 Å². The van der Waals surface area contributed by atoms with Gasteiger partial charge in [0, 0.05) is 13.0 Å². The van der Waals surface area contributed by atoms with Gasteiger partial charge in [0.15, 0.2) is 11.6 Å². The first-order valence-corrected chi connectivity index (χ1v) is 6.91. The smallest absolute Gasteiger partial charge is 0.409 e. The first kappa shape index (κ1) is 14.1. The van der Waals surface area contributed by atoms with Crippen molar-refractivity contribution in [2.75, 3.05) is 7.05 Å². The zero-order valence-corrected chi connectivity index (χ0v) is 11.8. The van der Waals surface area contributed by atoms with Crippen LogP contribution < -0.4 is 0 Å². The Morgan fingerprint density at radius 1 is 1.37 bits per heavy atom. The largest absolute Gasteiger partial charge is 0.417 e. The van der Waals surface area contributed by atoms with Crippen LogP contribution in [0.1, 0.15) is 46.0 Å². The van der Waals surface area contributed by atoms with Crippen LogP contribution in [0.2, 0.25) is 0 Å². The monoisotopic (exact) mass is 267 g/mol. The van der Waals surface area contributed by atoms with Gasteiger partial charge in [-0.25, -0.2) is 9.59 Å². The lowest BCUT2D eigenvalue weighted by Crippen LogP contribution is -2.46. The van der Waals surface area contributed by atoms with E-state index >= 15 is 0 Å². The predicted molar refractivity (Wildman–Crippen MR) is 69.0 cm³/mol. The molecular weight excluding hydrogens is 246 g/mol. The summed E-state index contributed by atoms with van der Waals surface area (Å²) in [7, 11) is 1.52. The Kier molecular flexibility index (Phi) is 3.97. The topological polar surface area (TPSA) is 55.8 Å². The van der Waals surface area contributed by atoms with Gasteiger partial charge < -0.3 is 9.47 Å². The Bertz CT molecular complexity index is 408. The van der Waals surface area contributed by atoms with Crippen LogP contribution in [0.15, 0.2) is 5.70 Å². The summed E-state index contributed by atoms with van der Waals surface area (Å²) in [5.74, 6) is 0.662. The first-order valence-electron chi connectivity index (χ1n) is 6.91. The van der Waals surface area contributed by atoms with E-state index in [1.807, 2.05) is 19.8 Å². The zero-order chi connectivity index (χ0) is 14.0. The molecule has 0 N–H and O–H groups in total. The summed E-state index contributed by atoms with van der Waals surface area (Å²) in [6.07, 6.45) is 4.45. The zero-order valence-electron chi connectivity index (χ0n) is 11.8. The van der Waals surface area contributed by atoms with E-state index in [0.717, 1.165) is 25.7 Å². The molecule has 1 aliphatic carbocycles. The molecule has 0 aromatic carbocycles. The van der Waals surface area contributed by atoms with Crippen LogP contribution in [-0.4, -0.2) is 35.9 Å². The van der Waals surface area contributed by atoms with E-state index in [-0.39, 0.29) is 17.7 Å². The number of nitrogens with zero attached hydrogens (tertiary/aromatic N) is 1. The molecule has 0 bridgehead atoms. The molecule has 1 atom stereocenters. The van der Waals surface area contributed by atoms with Gasteiger partial charge >= 0.3 is 6.09 Å². The molecule has 0 spiro atoms. The Balaban J connectivity index is 2.39. The maximum absolute atomic E-state index is 11.8. The van der Waals surface area contributed by atoms with Gasteiger partial charge in [0.25, 0.3) is 5.79 Å². The van der Waals surface area contributed by atoms with Crippen LogP contribution in [0, 0.1) is 5.92 Å². The third-order valence-corrected chi connectivity index (χ3v) is 3.83. The fourth-order valence-corrected chi connectivity index (χ4v) is 3.00. The minimum absolute atomic E-state index is 0.0361. The van der Waals surface area contributed by atoms with Crippen LogP contribution >= 0.6 is 0 Å². The highest BCUT2D eigenvalue weighted by atomic mass is 16.7. The van der Waals surface area contributed by atoms with Crippen LogP contribution in [0.25, 0.3) is 0 Å². The Labute approximate surface area is 113 Å². The molecule has 1 saturated carbocycles. The van der Waals surface area contributed by atoms with Crippen molar-refractivity contribution in [3.8, 4) is 0 Å². The molecule has 106 valence electrons. The molecule has 19 heavy (non-hydrogen) atoms. The lowest BCUT2D eigenvalue weighted by atomic mass is 9.81. The molecule has 5 nitrogen and oxygen atoms in total. The van der Waals surface area contributed by atoms with Gasteiger partial charge in [-0.3, -0.25) is 4.90 Å². The maximum atomic E-state index is 11.8. The van der Waals surface area contributed by atoms with Gasteiger partial charge in [0.2, 0.25) is 0 Å². The Morgan fingerprint density at radius 2 is 2.00 bits per heavy atom. The van der Waals surface area contributed by atoms with E-state index in [4.69, 9.17) is 9.47 Å². The number of likely N-dealkylation sites (N-methyl/N-ethyl adjacent to an activating group) is 1. The highest BCUT2D eigenvalue weighted by Crippen LogP contribution is 2.45. The second kappa shape index (κ2) is 5.35. The first-order chi connectivity index (χ1) is 9.01. The second-order valence-electron chi connectivity index (χ2n) is 5.55. The number of carbonyl (C=O) groups is 1. The molecule has 5 heteroatoms. The molecule has 1 amide bonds. The lowest BCUT2D eigenvalue weighted by Gasteiger charge is -2.38. The molecule has 0 aromatic rings. The molecule has 1 heterocycles. The van der Waals surface area contributed by atoms with Crippen molar-refractivity contribution in [2.45, 2.75) is 57.8 Å². The summed E-state index contributed by atoms with van der Waals surface area (Å²) in [5, 5.41) is 0. The van der Waals surface area contributed by atoms with Crippen LogP contribution in [-0.2, 0) is 14.3 Å². The number of rotatable bonds is 3. The van der Waals surface area contributed by atoms with Crippen molar-refractivity contribution in [1.29, 1.82) is 0 Å². The van der Waals surface area contributed by atoms with Gasteiger partial charge in [0.1, 0.15) is 0 Å². The van der Waals surface area contributed by atoms with E-state index < -0.39 is 11.9 Å². The fraction of sp³-hybridized carbons (Fsp3) is 0.786. The summed E-state index contributed by atoms with van der Waals surface area (Å²) < 4.78 is 11.4. The average molecular weight is 267 g/mol. The third-order valence-electron chi connectivity index (χ3n) is 3.83. The van der Waals surface area contributed by atoms with E-state index in [1.165, 1.54) is 18.4 Å². The summed E-state index contributed by atoms with van der Waals surface area (Å²) >= 11 is 0. The predicted octanol–water partition coefficient (Wildman–Crippen LogP) is 2.49. The molecular formula is C14H21NO4. The standard InChI is InChI=1S/C14H21NO4/c1-10(2)18-14(11-7-5-4-6-8-11)12(9-16)15(3)13(17)19-14/h10-11H,4-8H2,1-3H3/t14-/m1/s1. The van der Waals surface area contributed by atoms with Crippen molar-refractivity contribution in [2.24, 2.45) is 5.92 Å². The highest BCUT2D eigenvalue weighted by molar-refractivity contribution is 5.79. The molecule has 2 fully saturated rings. The second-order valence-corrected chi connectivity index (χ2v) is 5.55. The number of amides is 1. The summed E-state index contributed by atoms with van der Waals surface area (Å²) in [4.78, 5) is 24.3.